The van der Waals surface area contributed by atoms with E-state index < -0.39 is 0 Å². The lowest BCUT2D eigenvalue weighted by Crippen LogP contribution is -2.13. The van der Waals surface area contributed by atoms with E-state index >= 15 is 0 Å². The molecule has 0 saturated heterocycles. The van der Waals surface area contributed by atoms with Crippen LogP contribution < -0.4 is 5.32 Å². The normalized spacial score (nSPS) is 10.9. The average Bonchev–Trinajstić information content (AvgIpc) is 3.18. The third kappa shape index (κ3) is 2.98. The van der Waals surface area contributed by atoms with Crippen molar-refractivity contribution in [3.8, 4) is 11.3 Å². The van der Waals surface area contributed by atoms with Gasteiger partial charge in [0.1, 0.15) is 0 Å². The van der Waals surface area contributed by atoms with Crippen molar-refractivity contribution in [2.24, 2.45) is 7.05 Å². The Balaban J connectivity index is 1.73. The van der Waals surface area contributed by atoms with Gasteiger partial charge in [-0.25, -0.2) is 4.98 Å². The Labute approximate surface area is 137 Å². The number of carbonyl (C=O) groups excluding carboxylic acids is 1. The molecule has 0 fully saturated rings. The molecule has 0 saturated carbocycles. The van der Waals surface area contributed by atoms with Gasteiger partial charge in [-0.1, -0.05) is 6.07 Å². The average molecular weight is 331 g/mol. The van der Waals surface area contributed by atoms with Gasteiger partial charge < -0.3 is 9.88 Å². The number of aromatic nitrogens is 2. The number of rotatable bonds is 4. The number of hydrogen-bond donors (Lipinski definition) is 1. The summed E-state index contributed by atoms with van der Waals surface area (Å²) in [5.74, 6) is -0.0238. The maximum Gasteiger partial charge on any atom is 0.231 e. The predicted octanol–water partition coefficient (Wildman–Crippen LogP) is 4.01. The van der Waals surface area contributed by atoms with Gasteiger partial charge in [-0.2, -0.15) is 0 Å². The second kappa shape index (κ2) is 6.06. The number of thiophene rings is 1. The third-order valence-electron chi connectivity index (χ3n) is 3.72. The summed E-state index contributed by atoms with van der Waals surface area (Å²) in [5, 5.41) is 7.50. The zero-order chi connectivity index (χ0) is 15.7. The molecule has 114 valence electrons. The van der Waals surface area contributed by atoms with Crippen LogP contribution in [0.4, 0.5) is 5.13 Å². The third-order valence-corrected chi connectivity index (χ3v) is 5.35. The number of hydrogen-bond acceptors (Lipinski definition) is 4. The quantitative estimate of drug-likeness (QED) is 0.785. The number of nitrogens with one attached hydrogen (secondary N) is 1. The molecule has 6 heteroatoms. The zero-order valence-electron chi connectivity index (χ0n) is 12.7. The van der Waals surface area contributed by atoms with Gasteiger partial charge in [0.25, 0.3) is 0 Å². The van der Waals surface area contributed by atoms with E-state index in [2.05, 4.69) is 34.8 Å². The molecule has 1 N–H and O–H groups in total. The van der Waals surface area contributed by atoms with E-state index in [0.29, 0.717) is 11.6 Å². The lowest BCUT2D eigenvalue weighted by molar-refractivity contribution is -0.115. The number of thiazole rings is 1. The first-order valence-electron chi connectivity index (χ1n) is 6.95. The molecule has 3 aromatic rings. The molecular weight excluding hydrogens is 314 g/mol. The number of nitrogens with zero attached hydrogens (tertiary/aromatic N) is 2. The molecule has 4 nitrogen and oxygen atoms in total. The van der Waals surface area contributed by atoms with Crippen LogP contribution >= 0.6 is 22.7 Å². The molecular formula is C16H17N3OS2. The van der Waals surface area contributed by atoms with Gasteiger partial charge in [0.15, 0.2) is 5.13 Å². The summed E-state index contributed by atoms with van der Waals surface area (Å²) in [6.45, 7) is 4.16. The van der Waals surface area contributed by atoms with Gasteiger partial charge in [0.2, 0.25) is 5.91 Å². The first kappa shape index (κ1) is 15.0. The Morgan fingerprint density at radius 1 is 1.36 bits per heavy atom. The van der Waals surface area contributed by atoms with Crippen LogP contribution in [0.5, 0.6) is 0 Å². The molecule has 0 spiro atoms. The van der Waals surface area contributed by atoms with Crippen LogP contribution in [0.15, 0.2) is 29.0 Å². The number of aryl methyl sites for hydroxylation is 1. The van der Waals surface area contributed by atoms with Gasteiger partial charge in [-0.05, 0) is 31.4 Å². The van der Waals surface area contributed by atoms with E-state index in [9.17, 15) is 4.79 Å². The minimum Gasteiger partial charge on any atom is -0.351 e. The van der Waals surface area contributed by atoms with Crippen LogP contribution in [0.25, 0.3) is 11.3 Å². The molecule has 0 aromatic carbocycles. The predicted molar refractivity (Wildman–Crippen MR) is 92.6 cm³/mol. The zero-order valence-corrected chi connectivity index (χ0v) is 14.3. The highest BCUT2D eigenvalue weighted by Gasteiger charge is 2.13. The molecule has 3 aromatic heterocycles. The van der Waals surface area contributed by atoms with E-state index in [-0.39, 0.29) is 5.91 Å². The van der Waals surface area contributed by atoms with Crippen LogP contribution in [0.1, 0.15) is 16.3 Å². The van der Waals surface area contributed by atoms with E-state index in [1.807, 2.05) is 29.9 Å². The second-order valence-corrected chi connectivity index (χ2v) is 7.08. The van der Waals surface area contributed by atoms with Crippen molar-refractivity contribution in [2.75, 3.05) is 5.32 Å². The molecule has 22 heavy (non-hydrogen) atoms. The first-order valence-corrected chi connectivity index (χ1v) is 8.71. The van der Waals surface area contributed by atoms with Crippen molar-refractivity contribution < 1.29 is 4.79 Å². The maximum atomic E-state index is 12.0. The highest BCUT2D eigenvalue weighted by atomic mass is 32.1. The molecule has 3 heterocycles. The Morgan fingerprint density at radius 2 is 2.18 bits per heavy atom. The molecule has 0 aliphatic rings. The highest BCUT2D eigenvalue weighted by Crippen LogP contribution is 2.29. The summed E-state index contributed by atoms with van der Waals surface area (Å²) in [4.78, 5) is 17.6. The first-order chi connectivity index (χ1) is 10.5. The van der Waals surface area contributed by atoms with E-state index in [1.54, 1.807) is 11.3 Å². The van der Waals surface area contributed by atoms with Crippen LogP contribution in [0.2, 0.25) is 0 Å². The van der Waals surface area contributed by atoms with E-state index in [1.165, 1.54) is 22.7 Å². The van der Waals surface area contributed by atoms with Gasteiger partial charge >= 0.3 is 0 Å². The Bertz CT molecular complexity index is 800. The van der Waals surface area contributed by atoms with Crippen molar-refractivity contribution in [3.63, 3.8) is 0 Å². The Hall–Kier alpha value is -1.92. The molecule has 0 aliphatic carbocycles. The minimum absolute atomic E-state index is 0.0238. The van der Waals surface area contributed by atoms with Crippen molar-refractivity contribution in [3.05, 3.63) is 45.2 Å². The lowest BCUT2D eigenvalue weighted by atomic mass is 10.2. The second-order valence-electron chi connectivity index (χ2n) is 5.19. The molecule has 0 atom stereocenters. The maximum absolute atomic E-state index is 12.0. The molecule has 3 rings (SSSR count). The fraction of sp³-hybridized carbons (Fsp3) is 0.250. The number of carbonyl (C=O) groups is 1. The van der Waals surface area contributed by atoms with Crippen LogP contribution in [-0.2, 0) is 18.3 Å². The Kier molecular flexibility index (Phi) is 4.13. The Morgan fingerprint density at radius 3 is 2.82 bits per heavy atom. The van der Waals surface area contributed by atoms with Gasteiger partial charge in [-0.3, -0.25) is 4.79 Å². The summed E-state index contributed by atoms with van der Waals surface area (Å²) in [7, 11) is 2.05. The standard InChI is InChI=1S/C16H17N3OS2/c1-10-7-13(11(2)19(10)3)14-9-22-16(17-14)18-15(20)8-12-5-4-6-21-12/h4-7,9H,8H2,1-3H3,(H,17,18,20). The monoisotopic (exact) mass is 331 g/mol. The van der Waals surface area contributed by atoms with Crippen molar-refractivity contribution >= 4 is 33.7 Å². The molecule has 1 amide bonds. The number of anilines is 1. The molecule has 0 unspecified atom stereocenters. The summed E-state index contributed by atoms with van der Waals surface area (Å²) >= 11 is 3.05. The smallest absolute Gasteiger partial charge is 0.231 e. The van der Waals surface area contributed by atoms with Crippen LogP contribution in [0.3, 0.4) is 0 Å². The number of amides is 1. The fourth-order valence-corrected chi connectivity index (χ4v) is 3.73. The van der Waals surface area contributed by atoms with Crippen molar-refractivity contribution in [1.29, 1.82) is 0 Å². The van der Waals surface area contributed by atoms with E-state index in [0.717, 1.165) is 16.1 Å². The van der Waals surface area contributed by atoms with Crippen LogP contribution in [0, 0.1) is 13.8 Å². The van der Waals surface area contributed by atoms with Gasteiger partial charge in [0.05, 0.1) is 12.1 Å². The minimum atomic E-state index is -0.0238. The van der Waals surface area contributed by atoms with Crippen LogP contribution in [-0.4, -0.2) is 15.5 Å². The summed E-state index contributed by atoms with van der Waals surface area (Å²) < 4.78 is 2.14. The largest absolute Gasteiger partial charge is 0.351 e. The summed E-state index contributed by atoms with van der Waals surface area (Å²) in [5.41, 5.74) is 4.41. The topological polar surface area (TPSA) is 46.9 Å². The SMILES string of the molecule is Cc1cc(-c2csc(NC(=O)Cc3cccs3)n2)c(C)n1C. The van der Waals surface area contributed by atoms with Gasteiger partial charge in [0, 0.05) is 34.3 Å². The van der Waals surface area contributed by atoms with E-state index in [4.69, 9.17) is 0 Å². The lowest BCUT2D eigenvalue weighted by Gasteiger charge is -2.01. The molecule has 0 aliphatic heterocycles. The molecule has 0 bridgehead atoms. The summed E-state index contributed by atoms with van der Waals surface area (Å²) in [6, 6.07) is 6.05. The van der Waals surface area contributed by atoms with Gasteiger partial charge in [-0.15, -0.1) is 22.7 Å². The van der Waals surface area contributed by atoms with Crippen molar-refractivity contribution in [1.82, 2.24) is 9.55 Å². The fourth-order valence-electron chi connectivity index (χ4n) is 2.30. The highest BCUT2D eigenvalue weighted by molar-refractivity contribution is 7.14. The molecule has 0 radical (unpaired) electrons. The summed E-state index contributed by atoms with van der Waals surface area (Å²) in [6.07, 6.45) is 0.399. The van der Waals surface area contributed by atoms with Crippen molar-refractivity contribution in [2.45, 2.75) is 20.3 Å².